The first-order valence-corrected chi connectivity index (χ1v) is 7.91. The van der Waals surface area contributed by atoms with Crippen molar-refractivity contribution in [2.45, 2.75) is 18.2 Å². The Morgan fingerprint density at radius 3 is 2.95 bits per heavy atom. The summed E-state index contributed by atoms with van der Waals surface area (Å²) in [5.74, 6) is 5.53. The molecule has 106 valence electrons. The van der Waals surface area contributed by atoms with Gasteiger partial charge in [-0.1, -0.05) is 23.2 Å². The number of aliphatic hydroxyl groups excluding tert-OH is 1. The van der Waals surface area contributed by atoms with Crippen molar-refractivity contribution in [1.82, 2.24) is 15.2 Å². The minimum atomic E-state index is -3.70. The third-order valence-electron chi connectivity index (χ3n) is 2.25. The van der Waals surface area contributed by atoms with Crippen LogP contribution in [0.15, 0.2) is 17.3 Å². The van der Waals surface area contributed by atoms with Crippen molar-refractivity contribution in [3.05, 3.63) is 23.0 Å². The zero-order chi connectivity index (χ0) is 14.6. The zero-order valence-corrected chi connectivity index (χ0v) is 12.2. The summed E-state index contributed by atoms with van der Waals surface area (Å²) in [5, 5.41) is 15.1. The molecular weight excluding hydrogens is 300 g/mol. The second-order valence-corrected chi connectivity index (χ2v) is 6.45. The second kappa shape index (κ2) is 6.04. The largest absolute Gasteiger partial charge is 0.395 e. The molecule has 0 bridgehead atoms. The van der Waals surface area contributed by atoms with E-state index < -0.39 is 10.0 Å². The Balaban J connectivity index is 2.15. The predicted octanol–water partition coefficient (Wildman–Crippen LogP) is 0.709. The summed E-state index contributed by atoms with van der Waals surface area (Å²) in [5.41, 5.74) is 0.456. The van der Waals surface area contributed by atoms with Crippen LogP contribution in [0.25, 0.3) is 0 Å². The van der Waals surface area contributed by atoms with Crippen molar-refractivity contribution in [1.29, 1.82) is 0 Å². The first kappa shape index (κ1) is 14.5. The lowest BCUT2D eigenvalue weighted by molar-refractivity contribution is 0.305. The van der Waals surface area contributed by atoms with Crippen LogP contribution in [0.5, 0.6) is 0 Å². The van der Waals surface area contributed by atoms with Gasteiger partial charge in [0, 0.05) is 6.42 Å². The number of hydrogen-bond donors (Lipinski definition) is 3. The topological polar surface area (TPSA) is 108 Å². The molecule has 0 atom stereocenters. The molecule has 2 rings (SSSR count). The first-order valence-electron chi connectivity index (χ1n) is 5.61. The van der Waals surface area contributed by atoms with E-state index in [0.29, 0.717) is 17.0 Å². The van der Waals surface area contributed by atoms with Crippen LogP contribution >= 0.6 is 11.3 Å². The van der Waals surface area contributed by atoms with Gasteiger partial charge in [0.2, 0.25) is 0 Å². The fourth-order valence-electron chi connectivity index (χ4n) is 1.37. The number of nitrogens with one attached hydrogen (secondary N) is 2. The van der Waals surface area contributed by atoms with Crippen LogP contribution < -0.4 is 4.72 Å². The van der Waals surface area contributed by atoms with Crippen molar-refractivity contribution in [2.24, 2.45) is 0 Å². The SMILES string of the molecule is Cc1[nH]ncc1S(=O)(=O)Nc1ncc(C#CCCO)s1. The van der Waals surface area contributed by atoms with Gasteiger partial charge < -0.3 is 5.11 Å². The molecule has 0 aliphatic heterocycles. The van der Waals surface area contributed by atoms with Gasteiger partial charge in [-0.05, 0) is 6.92 Å². The Hall–Kier alpha value is -1.89. The number of H-pyrrole nitrogens is 1. The van der Waals surface area contributed by atoms with Gasteiger partial charge in [-0.3, -0.25) is 9.82 Å². The quantitative estimate of drug-likeness (QED) is 0.721. The molecule has 0 saturated carbocycles. The third-order valence-corrected chi connectivity index (χ3v) is 4.66. The van der Waals surface area contributed by atoms with Crippen LogP contribution in [0.1, 0.15) is 17.0 Å². The molecule has 20 heavy (non-hydrogen) atoms. The Morgan fingerprint density at radius 1 is 1.50 bits per heavy atom. The molecule has 2 aromatic rings. The Labute approximate surface area is 120 Å². The maximum absolute atomic E-state index is 12.1. The maximum Gasteiger partial charge on any atom is 0.267 e. The van der Waals surface area contributed by atoms with E-state index in [0.717, 1.165) is 11.3 Å². The number of aliphatic hydroxyl groups is 1. The minimum Gasteiger partial charge on any atom is -0.395 e. The minimum absolute atomic E-state index is 0.00887. The number of anilines is 1. The van der Waals surface area contributed by atoms with Crippen LogP contribution in [-0.2, 0) is 10.0 Å². The van der Waals surface area contributed by atoms with Crippen LogP contribution in [0.3, 0.4) is 0 Å². The zero-order valence-electron chi connectivity index (χ0n) is 10.5. The molecule has 0 fully saturated rings. The van der Waals surface area contributed by atoms with Gasteiger partial charge in [0.05, 0.1) is 29.6 Å². The summed E-state index contributed by atoms with van der Waals surface area (Å²) in [6.45, 7) is 1.61. The molecule has 0 aliphatic carbocycles. The van der Waals surface area contributed by atoms with Gasteiger partial charge in [-0.15, -0.1) is 0 Å². The highest BCUT2D eigenvalue weighted by atomic mass is 32.2. The normalized spacial score (nSPS) is 10.9. The number of nitrogens with zero attached hydrogens (tertiary/aromatic N) is 2. The smallest absolute Gasteiger partial charge is 0.267 e. The number of sulfonamides is 1. The molecular formula is C11H12N4O3S2. The average Bonchev–Trinajstić information content (AvgIpc) is 2.99. The van der Waals surface area contributed by atoms with Crippen LogP contribution in [0.2, 0.25) is 0 Å². The van der Waals surface area contributed by atoms with Gasteiger partial charge in [-0.2, -0.15) is 5.10 Å². The molecule has 0 saturated heterocycles. The van der Waals surface area contributed by atoms with Gasteiger partial charge in [0.25, 0.3) is 10.0 Å². The van der Waals surface area contributed by atoms with Gasteiger partial charge in [-0.25, -0.2) is 13.4 Å². The number of hydrogen-bond acceptors (Lipinski definition) is 6. The van der Waals surface area contributed by atoms with E-state index in [1.807, 2.05) is 0 Å². The van der Waals surface area contributed by atoms with E-state index in [4.69, 9.17) is 5.11 Å². The number of thiazole rings is 1. The highest BCUT2D eigenvalue weighted by Gasteiger charge is 2.19. The number of aromatic nitrogens is 3. The summed E-state index contributed by atoms with van der Waals surface area (Å²) in [6, 6.07) is 0. The van der Waals surface area contributed by atoms with Crippen LogP contribution in [0.4, 0.5) is 5.13 Å². The molecule has 0 aromatic carbocycles. The summed E-state index contributed by atoms with van der Waals surface area (Å²) >= 11 is 1.13. The number of rotatable bonds is 4. The van der Waals surface area contributed by atoms with Gasteiger partial charge in [0.15, 0.2) is 5.13 Å². The molecule has 3 N–H and O–H groups in total. The maximum atomic E-state index is 12.1. The van der Waals surface area contributed by atoms with Crippen LogP contribution in [0, 0.1) is 18.8 Å². The predicted molar refractivity (Wildman–Crippen MR) is 74.8 cm³/mol. The molecule has 0 spiro atoms. The Morgan fingerprint density at radius 2 is 2.30 bits per heavy atom. The van der Waals surface area contributed by atoms with E-state index in [1.165, 1.54) is 12.4 Å². The standard InChI is InChI=1S/C11H12N4O3S2/c1-8-10(7-13-14-8)20(17,18)15-11-12-6-9(19-11)4-2-3-5-16/h6-7,16H,3,5H2,1H3,(H,12,15)(H,13,14). The van der Waals surface area contributed by atoms with Gasteiger partial charge >= 0.3 is 0 Å². The first-order chi connectivity index (χ1) is 9.53. The monoisotopic (exact) mass is 312 g/mol. The average molecular weight is 312 g/mol. The van der Waals surface area contributed by atoms with Crippen molar-refractivity contribution < 1.29 is 13.5 Å². The fourth-order valence-corrected chi connectivity index (χ4v) is 3.44. The molecule has 0 amide bonds. The Kier molecular flexibility index (Phi) is 4.39. The second-order valence-electron chi connectivity index (χ2n) is 3.77. The van der Waals surface area contributed by atoms with Crippen molar-refractivity contribution in [2.75, 3.05) is 11.3 Å². The molecule has 2 aromatic heterocycles. The molecule has 0 radical (unpaired) electrons. The van der Waals surface area contributed by atoms with E-state index in [9.17, 15) is 8.42 Å². The number of aryl methyl sites for hydroxylation is 1. The molecule has 9 heteroatoms. The van der Waals surface area contributed by atoms with E-state index in [-0.39, 0.29) is 16.6 Å². The summed E-state index contributed by atoms with van der Waals surface area (Å²) in [6.07, 6.45) is 3.09. The summed E-state index contributed by atoms with van der Waals surface area (Å²) in [4.78, 5) is 4.66. The lowest BCUT2D eigenvalue weighted by Gasteiger charge is -2.02. The lowest BCUT2D eigenvalue weighted by atomic mass is 10.4. The van der Waals surface area contributed by atoms with Crippen molar-refractivity contribution in [3.8, 4) is 11.8 Å². The van der Waals surface area contributed by atoms with Crippen molar-refractivity contribution in [3.63, 3.8) is 0 Å². The summed E-state index contributed by atoms with van der Waals surface area (Å²) < 4.78 is 26.5. The van der Waals surface area contributed by atoms with E-state index in [2.05, 4.69) is 31.7 Å². The molecule has 7 nitrogen and oxygen atoms in total. The summed E-state index contributed by atoms with van der Waals surface area (Å²) in [7, 11) is -3.70. The molecule has 2 heterocycles. The fraction of sp³-hybridized carbons (Fsp3) is 0.273. The van der Waals surface area contributed by atoms with Crippen LogP contribution in [-0.4, -0.2) is 35.3 Å². The lowest BCUT2D eigenvalue weighted by Crippen LogP contribution is -2.13. The van der Waals surface area contributed by atoms with E-state index >= 15 is 0 Å². The molecule has 0 aliphatic rings. The molecule has 0 unspecified atom stereocenters. The Bertz CT molecular complexity index is 752. The third kappa shape index (κ3) is 3.36. The van der Waals surface area contributed by atoms with Gasteiger partial charge in [0.1, 0.15) is 4.90 Å². The van der Waals surface area contributed by atoms with Crippen molar-refractivity contribution >= 4 is 26.5 Å². The number of aromatic amines is 1. The highest BCUT2D eigenvalue weighted by Crippen LogP contribution is 2.21. The highest BCUT2D eigenvalue weighted by molar-refractivity contribution is 7.93. The van der Waals surface area contributed by atoms with E-state index in [1.54, 1.807) is 6.92 Å².